The number of nitrogens with zero attached hydrogens (tertiary/aromatic N) is 1. The third kappa shape index (κ3) is 37.8. The van der Waals surface area contributed by atoms with Crippen molar-refractivity contribution in [1.29, 1.82) is 0 Å². The quantitative estimate of drug-likeness (QED) is 0.0287. The number of allylic oxidation sites excluding steroid dienone is 13. The molecule has 8 nitrogen and oxygen atoms in total. The van der Waals surface area contributed by atoms with Crippen molar-refractivity contribution in [2.45, 2.75) is 167 Å². The second-order valence-corrected chi connectivity index (χ2v) is 15.6. The minimum Gasteiger partial charge on any atom is -0.477 e. The summed E-state index contributed by atoms with van der Waals surface area (Å²) in [4.78, 5) is 36.9. The molecule has 2 unspecified atom stereocenters. The summed E-state index contributed by atoms with van der Waals surface area (Å²) in [7, 11) is 5.48. The molecule has 0 heterocycles. The summed E-state index contributed by atoms with van der Waals surface area (Å²) < 4.78 is 17.1. The first-order chi connectivity index (χ1) is 27.6. The predicted octanol–water partition coefficient (Wildman–Crippen LogP) is 12.1. The lowest BCUT2D eigenvalue weighted by Crippen LogP contribution is -2.50. The van der Waals surface area contributed by atoms with E-state index in [0.29, 0.717) is 19.3 Å². The van der Waals surface area contributed by atoms with Crippen molar-refractivity contribution in [2.75, 3.05) is 41.0 Å². The first-order valence-electron chi connectivity index (χ1n) is 22.1. The van der Waals surface area contributed by atoms with Gasteiger partial charge in [0, 0.05) is 12.8 Å². The van der Waals surface area contributed by atoms with Gasteiger partial charge < -0.3 is 23.8 Å². The van der Waals surface area contributed by atoms with Crippen molar-refractivity contribution in [1.82, 2.24) is 0 Å². The average molecular weight is 797 g/mol. The molecule has 0 fully saturated rings. The van der Waals surface area contributed by atoms with Crippen molar-refractivity contribution in [3.05, 3.63) is 85.1 Å². The van der Waals surface area contributed by atoms with Crippen LogP contribution in [0.3, 0.4) is 0 Å². The molecule has 0 bridgehead atoms. The largest absolute Gasteiger partial charge is 0.477 e. The molecule has 324 valence electrons. The van der Waals surface area contributed by atoms with Gasteiger partial charge in [-0.15, -0.1) is 0 Å². The van der Waals surface area contributed by atoms with E-state index in [1.807, 2.05) is 27.2 Å². The maximum Gasteiger partial charge on any atom is 0.362 e. The van der Waals surface area contributed by atoms with E-state index in [-0.39, 0.29) is 36.7 Å². The maximum atomic E-state index is 12.7. The first kappa shape index (κ1) is 53.5. The number of likely N-dealkylation sites (N-methyl/N-ethyl adjacent to an activating group) is 1. The molecule has 0 radical (unpaired) electrons. The highest BCUT2D eigenvalue weighted by Gasteiger charge is 2.31. The van der Waals surface area contributed by atoms with E-state index < -0.39 is 24.1 Å². The SMILES string of the molecule is CC/C=C\C/C=C\C/C=C\C/C=C\C/C=C\CC(=O)OC(COCCC(C(=O)O)[N+](C)(C)C)COC(=O)CCCCCCCCC/C=C\C/C=C\CCCCCC. The Kier molecular flexibility index (Phi) is 36.9. The molecule has 0 spiro atoms. The summed E-state index contributed by atoms with van der Waals surface area (Å²) in [6.07, 6.45) is 50.8. The van der Waals surface area contributed by atoms with Crippen LogP contribution in [0, 0.1) is 0 Å². The molecule has 0 aliphatic carbocycles. The van der Waals surface area contributed by atoms with Crippen LogP contribution in [0.25, 0.3) is 0 Å². The number of esters is 2. The molecule has 1 N–H and O–H groups in total. The van der Waals surface area contributed by atoms with Crippen LogP contribution in [0.5, 0.6) is 0 Å². The van der Waals surface area contributed by atoms with Gasteiger partial charge in [-0.05, 0) is 70.6 Å². The number of unbranched alkanes of at least 4 members (excludes halogenated alkanes) is 11. The molecule has 0 aliphatic heterocycles. The Morgan fingerprint density at radius 3 is 1.54 bits per heavy atom. The number of ether oxygens (including phenoxy) is 3. The van der Waals surface area contributed by atoms with E-state index >= 15 is 0 Å². The Labute approximate surface area is 348 Å². The Hall–Kier alpha value is -3.49. The number of carboxylic acid groups (broad SMARTS) is 1. The molecule has 0 aromatic carbocycles. The molecule has 0 amide bonds. The maximum absolute atomic E-state index is 12.7. The number of rotatable bonds is 38. The predicted molar refractivity (Wildman–Crippen MR) is 238 cm³/mol. The lowest BCUT2D eigenvalue weighted by Gasteiger charge is -2.31. The summed E-state index contributed by atoms with van der Waals surface area (Å²) in [6.45, 7) is 4.47. The number of carbonyl (C=O) groups is 3. The van der Waals surface area contributed by atoms with Gasteiger partial charge in [0.2, 0.25) is 0 Å². The molecule has 0 saturated heterocycles. The molecule has 8 heteroatoms. The van der Waals surface area contributed by atoms with E-state index in [1.165, 1.54) is 57.8 Å². The van der Waals surface area contributed by atoms with Crippen LogP contribution in [-0.4, -0.2) is 80.6 Å². The second-order valence-electron chi connectivity index (χ2n) is 15.6. The monoisotopic (exact) mass is 797 g/mol. The number of carboxylic acids is 1. The highest BCUT2D eigenvalue weighted by atomic mass is 16.6. The molecule has 0 aromatic heterocycles. The third-order valence-electron chi connectivity index (χ3n) is 9.31. The number of carbonyl (C=O) groups excluding carboxylic acids is 2. The van der Waals surface area contributed by atoms with Gasteiger partial charge in [-0.3, -0.25) is 9.59 Å². The number of hydrogen-bond acceptors (Lipinski definition) is 6. The summed E-state index contributed by atoms with van der Waals surface area (Å²) in [5.74, 6) is -1.65. The Morgan fingerprint density at radius 1 is 0.561 bits per heavy atom. The minimum atomic E-state index is -0.893. The van der Waals surface area contributed by atoms with Crippen molar-refractivity contribution in [3.63, 3.8) is 0 Å². The van der Waals surface area contributed by atoms with Crippen molar-refractivity contribution >= 4 is 17.9 Å². The highest BCUT2D eigenvalue weighted by molar-refractivity contribution is 5.72. The van der Waals surface area contributed by atoms with Gasteiger partial charge in [-0.25, -0.2) is 4.79 Å². The Balaban J connectivity index is 4.48. The van der Waals surface area contributed by atoms with E-state index in [0.717, 1.165) is 57.8 Å². The molecule has 0 aromatic rings. The normalized spacial score (nSPS) is 13.8. The smallest absolute Gasteiger partial charge is 0.362 e. The molecular weight excluding hydrogens is 715 g/mol. The van der Waals surface area contributed by atoms with Crippen LogP contribution in [-0.2, 0) is 28.6 Å². The zero-order valence-electron chi connectivity index (χ0n) is 36.8. The molecule has 2 atom stereocenters. The van der Waals surface area contributed by atoms with Gasteiger partial charge in [0.05, 0.1) is 40.8 Å². The van der Waals surface area contributed by atoms with Crippen LogP contribution in [0.1, 0.15) is 155 Å². The Morgan fingerprint density at radius 2 is 1.04 bits per heavy atom. The van der Waals surface area contributed by atoms with Crippen LogP contribution in [0.15, 0.2) is 85.1 Å². The van der Waals surface area contributed by atoms with Crippen LogP contribution < -0.4 is 0 Å². The van der Waals surface area contributed by atoms with E-state index in [9.17, 15) is 19.5 Å². The molecule has 0 aliphatic rings. The molecular formula is C49H82NO7+. The van der Waals surface area contributed by atoms with Crippen molar-refractivity contribution < 1.29 is 38.2 Å². The Bertz CT molecular complexity index is 1200. The summed E-state index contributed by atoms with van der Waals surface area (Å²) >= 11 is 0. The fraction of sp³-hybridized carbons (Fsp3) is 0.653. The topological polar surface area (TPSA) is 99.1 Å². The number of aliphatic carboxylic acids is 1. The summed E-state index contributed by atoms with van der Waals surface area (Å²) in [5.41, 5.74) is 0. The van der Waals surface area contributed by atoms with Crippen LogP contribution in [0.2, 0.25) is 0 Å². The van der Waals surface area contributed by atoms with E-state index in [4.69, 9.17) is 14.2 Å². The number of quaternary nitrogens is 1. The van der Waals surface area contributed by atoms with Gasteiger partial charge >= 0.3 is 17.9 Å². The number of hydrogen-bond donors (Lipinski definition) is 1. The van der Waals surface area contributed by atoms with Gasteiger partial charge in [-0.2, -0.15) is 0 Å². The molecule has 57 heavy (non-hydrogen) atoms. The lowest BCUT2D eigenvalue weighted by molar-refractivity contribution is -0.887. The fourth-order valence-corrected chi connectivity index (χ4v) is 5.90. The average Bonchev–Trinajstić information content (AvgIpc) is 3.17. The minimum absolute atomic E-state index is 0.0141. The van der Waals surface area contributed by atoms with Gasteiger partial charge in [0.15, 0.2) is 12.1 Å². The first-order valence-corrected chi connectivity index (χ1v) is 22.1. The van der Waals surface area contributed by atoms with Gasteiger partial charge in [-0.1, -0.05) is 150 Å². The lowest BCUT2D eigenvalue weighted by atomic mass is 10.1. The zero-order chi connectivity index (χ0) is 42.1. The van der Waals surface area contributed by atoms with E-state index in [2.05, 4.69) is 86.8 Å². The molecule has 0 saturated carbocycles. The zero-order valence-corrected chi connectivity index (χ0v) is 36.8. The van der Waals surface area contributed by atoms with Crippen molar-refractivity contribution in [3.8, 4) is 0 Å². The molecule has 0 rings (SSSR count). The van der Waals surface area contributed by atoms with E-state index in [1.54, 1.807) is 6.08 Å². The second kappa shape index (κ2) is 39.3. The van der Waals surface area contributed by atoms with Crippen molar-refractivity contribution in [2.24, 2.45) is 0 Å². The van der Waals surface area contributed by atoms with Crippen LogP contribution >= 0.6 is 0 Å². The standard InChI is InChI=1S/C49H81NO7/c1-6-8-10-12-14-16-18-20-22-23-24-26-27-29-31-33-35-37-39-47(51)56-44-45(43-55-42-41-46(49(53)54)50(3,4)5)57-48(52)40-38-36-34-32-30-28-25-21-19-17-15-13-11-9-7-2/h9,11,15-18,21-23,25,30,32,36,38,45-46H,6-8,10,12-14,19-20,24,26-29,31,33-35,37,39-44H2,1-5H3/p+1/b11-9-,17-15-,18-16-,23-22-,25-21-,32-30-,38-36-. The summed E-state index contributed by atoms with van der Waals surface area (Å²) in [5, 5.41) is 9.61. The van der Waals surface area contributed by atoms with Gasteiger partial charge in [0.25, 0.3) is 0 Å². The highest BCUT2D eigenvalue weighted by Crippen LogP contribution is 2.12. The third-order valence-corrected chi connectivity index (χ3v) is 9.31. The fourth-order valence-electron chi connectivity index (χ4n) is 5.90. The van der Waals surface area contributed by atoms with Gasteiger partial charge in [0.1, 0.15) is 6.61 Å². The summed E-state index contributed by atoms with van der Waals surface area (Å²) in [6, 6.07) is -0.636. The van der Waals surface area contributed by atoms with Crippen LogP contribution in [0.4, 0.5) is 0 Å².